The van der Waals surface area contributed by atoms with Crippen molar-refractivity contribution in [2.24, 2.45) is 0 Å². The van der Waals surface area contributed by atoms with Crippen LogP contribution in [-0.2, 0) is 6.54 Å². The maximum atomic E-state index is 3.57. The van der Waals surface area contributed by atoms with Crippen LogP contribution in [0.3, 0.4) is 0 Å². The molecule has 3 unspecified atom stereocenters. The van der Waals surface area contributed by atoms with Crippen molar-refractivity contribution in [3.63, 3.8) is 0 Å². The van der Waals surface area contributed by atoms with Crippen LogP contribution in [-0.4, -0.2) is 48.6 Å². The van der Waals surface area contributed by atoms with E-state index < -0.39 is 0 Å². The SMILES string of the molecule is CC1CN(C2CNCc3ccccc32)CC(C)N1C. The Morgan fingerprint density at radius 1 is 1.11 bits per heavy atom. The lowest BCUT2D eigenvalue weighted by Crippen LogP contribution is -2.57. The molecule has 0 spiro atoms. The zero-order chi connectivity index (χ0) is 13.4. The second-order valence-corrected chi connectivity index (χ2v) is 6.16. The molecule has 1 N–H and O–H groups in total. The lowest BCUT2D eigenvalue weighted by Gasteiger charge is -2.47. The number of likely N-dealkylation sites (N-methyl/N-ethyl adjacent to an activating group) is 1. The van der Waals surface area contributed by atoms with Gasteiger partial charge in [0.2, 0.25) is 0 Å². The number of nitrogens with zero attached hydrogens (tertiary/aromatic N) is 2. The van der Waals surface area contributed by atoms with E-state index in [0.29, 0.717) is 18.1 Å². The number of fused-ring (bicyclic) bond motifs is 1. The van der Waals surface area contributed by atoms with Gasteiger partial charge in [0.05, 0.1) is 0 Å². The first-order chi connectivity index (χ1) is 9.16. The van der Waals surface area contributed by atoms with Crippen molar-refractivity contribution in [2.45, 2.75) is 38.5 Å². The van der Waals surface area contributed by atoms with Crippen LogP contribution in [0.15, 0.2) is 24.3 Å². The van der Waals surface area contributed by atoms with Gasteiger partial charge < -0.3 is 5.32 Å². The zero-order valence-electron chi connectivity index (χ0n) is 12.3. The van der Waals surface area contributed by atoms with Gasteiger partial charge >= 0.3 is 0 Å². The van der Waals surface area contributed by atoms with Crippen molar-refractivity contribution in [3.8, 4) is 0 Å². The Bertz CT molecular complexity index is 433. The van der Waals surface area contributed by atoms with Crippen LogP contribution in [0.5, 0.6) is 0 Å². The van der Waals surface area contributed by atoms with Gasteiger partial charge in [0.1, 0.15) is 0 Å². The number of benzene rings is 1. The van der Waals surface area contributed by atoms with Crippen LogP contribution in [0.2, 0.25) is 0 Å². The monoisotopic (exact) mass is 259 g/mol. The Morgan fingerprint density at radius 3 is 2.53 bits per heavy atom. The average Bonchev–Trinajstić information content (AvgIpc) is 2.43. The summed E-state index contributed by atoms with van der Waals surface area (Å²) in [6.07, 6.45) is 0. The van der Waals surface area contributed by atoms with E-state index in [1.54, 1.807) is 0 Å². The fraction of sp³-hybridized carbons (Fsp3) is 0.625. The number of rotatable bonds is 1. The molecule has 3 heteroatoms. The third kappa shape index (κ3) is 2.42. The van der Waals surface area contributed by atoms with E-state index in [-0.39, 0.29) is 0 Å². The molecule has 3 rings (SSSR count). The van der Waals surface area contributed by atoms with Crippen LogP contribution in [0.25, 0.3) is 0 Å². The topological polar surface area (TPSA) is 18.5 Å². The molecule has 0 aliphatic carbocycles. The highest BCUT2D eigenvalue weighted by atomic mass is 15.3. The molecule has 1 aromatic rings. The zero-order valence-corrected chi connectivity index (χ0v) is 12.3. The summed E-state index contributed by atoms with van der Waals surface area (Å²) < 4.78 is 0. The molecule has 3 atom stereocenters. The third-order valence-electron chi connectivity index (χ3n) is 4.90. The Labute approximate surface area is 116 Å². The molecule has 1 saturated heterocycles. The van der Waals surface area contributed by atoms with Crippen LogP contribution in [0.4, 0.5) is 0 Å². The highest BCUT2D eigenvalue weighted by Gasteiger charge is 2.33. The highest BCUT2D eigenvalue weighted by Crippen LogP contribution is 2.29. The molecule has 0 saturated carbocycles. The summed E-state index contributed by atoms with van der Waals surface area (Å²) in [5.41, 5.74) is 3.00. The first kappa shape index (κ1) is 13.1. The molecule has 0 bridgehead atoms. The predicted octanol–water partition coefficient (Wildman–Crippen LogP) is 1.86. The molecule has 2 heterocycles. The van der Waals surface area contributed by atoms with Crippen molar-refractivity contribution in [3.05, 3.63) is 35.4 Å². The highest BCUT2D eigenvalue weighted by molar-refractivity contribution is 5.32. The van der Waals surface area contributed by atoms with E-state index in [1.165, 1.54) is 24.2 Å². The number of piperazine rings is 1. The minimum Gasteiger partial charge on any atom is -0.311 e. The number of hydrogen-bond donors (Lipinski definition) is 1. The summed E-state index contributed by atoms with van der Waals surface area (Å²) in [6.45, 7) is 9.12. The van der Waals surface area contributed by atoms with Gasteiger partial charge in [0, 0.05) is 44.3 Å². The van der Waals surface area contributed by atoms with Gasteiger partial charge in [-0.15, -0.1) is 0 Å². The van der Waals surface area contributed by atoms with E-state index >= 15 is 0 Å². The van der Waals surface area contributed by atoms with Crippen LogP contribution in [0, 0.1) is 0 Å². The maximum absolute atomic E-state index is 3.57. The minimum absolute atomic E-state index is 0.545. The Balaban J connectivity index is 1.84. The third-order valence-corrected chi connectivity index (χ3v) is 4.90. The maximum Gasteiger partial charge on any atom is 0.0477 e. The molecule has 2 aliphatic rings. The molecule has 0 aromatic heterocycles. The van der Waals surface area contributed by atoms with Gasteiger partial charge in [-0.05, 0) is 32.0 Å². The Morgan fingerprint density at radius 2 is 1.79 bits per heavy atom. The fourth-order valence-corrected chi connectivity index (χ4v) is 3.50. The number of nitrogens with one attached hydrogen (secondary N) is 1. The summed E-state index contributed by atoms with van der Waals surface area (Å²) in [5.74, 6) is 0. The van der Waals surface area contributed by atoms with Crippen molar-refractivity contribution in [1.29, 1.82) is 0 Å². The molecule has 1 fully saturated rings. The van der Waals surface area contributed by atoms with Crippen molar-refractivity contribution >= 4 is 0 Å². The summed E-state index contributed by atoms with van der Waals surface area (Å²) in [7, 11) is 2.25. The lowest BCUT2D eigenvalue weighted by atomic mass is 9.94. The second-order valence-electron chi connectivity index (χ2n) is 6.16. The Hall–Kier alpha value is -0.900. The van der Waals surface area contributed by atoms with Gasteiger partial charge in [-0.3, -0.25) is 9.80 Å². The summed E-state index contributed by atoms with van der Waals surface area (Å²) in [6, 6.07) is 10.7. The largest absolute Gasteiger partial charge is 0.311 e. The second kappa shape index (κ2) is 5.23. The van der Waals surface area contributed by atoms with E-state index in [1.807, 2.05) is 0 Å². The standard InChI is InChI=1S/C16H25N3/c1-12-10-19(11-13(2)18(12)3)16-9-17-8-14-6-4-5-7-15(14)16/h4-7,12-13,16-17H,8-11H2,1-3H3. The molecule has 0 radical (unpaired) electrons. The normalized spacial score (nSPS) is 33.1. The molecule has 3 nitrogen and oxygen atoms in total. The van der Waals surface area contributed by atoms with E-state index in [2.05, 4.69) is 60.3 Å². The molecular weight excluding hydrogens is 234 g/mol. The van der Waals surface area contributed by atoms with Crippen molar-refractivity contribution < 1.29 is 0 Å². The molecule has 104 valence electrons. The number of hydrogen-bond acceptors (Lipinski definition) is 3. The molecule has 0 amide bonds. The lowest BCUT2D eigenvalue weighted by molar-refractivity contribution is 0.0310. The smallest absolute Gasteiger partial charge is 0.0477 e. The van der Waals surface area contributed by atoms with Gasteiger partial charge in [-0.1, -0.05) is 24.3 Å². The Kier molecular flexibility index (Phi) is 3.61. The van der Waals surface area contributed by atoms with Crippen molar-refractivity contribution in [2.75, 3.05) is 26.7 Å². The summed E-state index contributed by atoms with van der Waals surface area (Å²) in [4.78, 5) is 5.17. The summed E-state index contributed by atoms with van der Waals surface area (Å²) >= 11 is 0. The van der Waals surface area contributed by atoms with Gasteiger partial charge in [-0.25, -0.2) is 0 Å². The molecule has 1 aromatic carbocycles. The average molecular weight is 259 g/mol. The van der Waals surface area contributed by atoms with Crippen LogP contribution >= 0.6 is 0 Å². The van der Waals surface area contributed by atoms with E-state index in [0.717, 1.165) is 13.1 Å². The van der Waals surface area contributed by atoms with Crippen LogP contribution in [0.1, 0.15) is 31.0 Å². The van der Waals surface area contributed by atoms with Gasteiger partial charge in [0.15, 0.2) is 0 Å². The quantitative estimate of drug-likeness (QED) is 0.830. The first-order valence-corrected chi connectivity index (χ1v) is 7.41. The van der Waals surface area contributed by atoms with Gasteiger partial charge in [-0.2, -0.15) is 0 Å². The summed E-state index contributed by atoms with van der Waals surface area (Å²) in [5, 5.41) is 3.57. The first-order valence-electron chi connectivity index (χ1n) is 7.41. The molecule has 2 aliphatic heterocycles. The molecule has 19 heavy (non-hydrogen) atoms. The minimum atomic E-state index is 0.545. The van der Waals surface area contributed by atoms with Crippen LogP contribution < -0.4 is 5.32 Å². The van der Waals surface area contributed by atoms with Gasteiger partial charge in [0.25, 0.3) is 0 Å². The van der Waals surface area contributed by atoms with E-state index in [4.69, 9.17) is 0 Å². The van der Waals surface area contributed by atoms with Crippen molar-refractivity contribution in [1.82, 2.24) is 15.1 Å². The van der Waals surface area contributed by atoms with E-state index in [9.17, 15) is 0 Å². The fourth-order valence-electron chi connectivity index (χ4n) is 3.50. The predicted molar refractivity (Wildman–Crippen MR) is 79.1 cm³/mol. The molecular formula is C16H25N3.